The van der Waals surface area contributed by atoms with E-state index < -0.39 is 91.2 Å². The Morgan fingerprint density at radius 2 is 1.63 bits per heavy atom. The van der Waals surface area contributed by atoms with Crippen LogP contribution in [-0.4, -0.2) is 62.8 Å². The predicted molar refractivity (Wildman–Crippen MR) is 142 cm³/mol. The molecule has 3 amide bonds. The molecule has 1 heterocycles. The lowest BCUT2D eigenvalue weighted by Crippen LogP contribution is -2.50. The Balaban J connectivity index is 1.70. The van der Waals surface area contributed by atoms with Crippen LogP contribution in [0.1, 0.15) is 48.8 Å². The summed E-state index contributed by atoms with van der Waals surface area (Å²) in [5.74, 6) is -3.62. The van der Waals surface area contributed by atoms with E-state index in [9.17, 15) is 53.5 Å². The number of methoxy groups -OCH3 is 1. The number of imide groups is 1. The van der Waals surface area contributed by atoms with Crippen LogP contribution in [0, 0.1) is 11.7 Å². The number of aryl methyl sites for hydroxylation is 1. The fourth-order valence-corrected chi connectivity index (χ4v) is 9.57. The van der Waals surface area contributed by atoms with Gasteiger partial charge in [0.15, 0.2) is 9.84 Å². The van der Waals surface area contributed by atoms with Crippen LogP contribution >= 0.6 is 0 Å². The van der Waals surface area contributed by atoms with Crippen molar-refractivity contribution >= 4 is 27.7 Å². The van der Waals surface area contributed by atoms with Crippen molar-refractivity contribution in [3.63, 3.8) is 0 Å². The van der Waals surface area contributed by atoms with Crippen LogP contribution in [0.4, 0.5) is 39.9 Å². The lowest BCUT2D eigenvalue weighted by Gasteiger charge is -2.39. The highest BCUT2D eigenvalue weighted by Gasteiger charge is 2.74. The number of halogens is 8. The molecule has 250 valence electrons. The molecule has 1 saturated heterocycles. The summed E-state index contributed by atoms with van der Waals surface area (Å²) >= 11 is 0. The van der Waals surface area contributed by atoms with Gasteiger partial charge < -0.3 is 10.1 Å². The van der Waals surface area contributed by atoms with Gasteiger partial charge in [-0.2, -0.15) is 26.3 Å². The first-order valence-electron chi connectivity index (χ1n) is 14.0. The Labute approximate surface area is 257 Å². The molecule has 0 spiro atoms. The molecular formula is C29H26F8N2O6S. The summed E-state index contributed by atoms with van der Waals surface area (Å²) in [6, 6.07) is 1.54. The molecule has 1 saturated carbocycles. The Hall–Kier alpha value is -3.76. The maximum absolute atomic E-state index is 15.1. The zero-order valence-corrected chi connectivity index (χ0v) is 24.7. The van der Waals surface area contributed by atoms with E-state index in [4.69, 9.17) is 0 Å². The van der Waals surface area contributed by atoms with E-state index in [0.29, 0.717) is 6.07 Å². The summed E-state index contributed by atoms with van der Waals surface area (Å²) in [7, 11) is -3.63. The molecule has 2 aromatic carbocycles. The van der Waals surface area contributed by atoms with Crippen LogP contribution in [0.3, 0.4) is 0 Å². The molecule has 0 bridgehead atoms. The van der Waals surface area contributed by atoms with Crippen molar-refractivity contribution in [3.05, 3.63) is 65.0 Å². The average Bonchev–Trinajstić information content (AvgIpc) is 3.41. The second kappa shape index (κ2) is 11.2. The molecule has 8 nitrogen and oxygen atoms in total. The molecule has 3 aliphatic rings. The molecule has 17 heteroatoms. The van der Waals surface area contributed by atoms with Gasteiger partial charge in [0.2, 0.25) is 0 Å². The van der Waals surface area contributed by atoms with Crippen LogP contribution in [0.5, 0.6) is 0 Å². The van der Waals surface area contributed by atoms with Crippen LogP contribution < -0.4 is 5.32 Å². The molecule has 4 atom stereocenters. The van der Waals surface area contributed by atoms with Crippen molar-refractivity contribution in [2.75, 3.05) is 7.11 Å². The summed E-state index contributed by atoms with van der Waals surface area (Å²) in [5.41, 5.74) is -8.05. The van der Waals surface area contributed by atoms with Gasteiger partial charge in [-0.1, -0.05) is 18.2 Å². The lowest BCUT2D eigenvalue weighted by atomic mass is 9.82. The van der Waals surface area contributed by atoms with Crippen LogP contribution in [0.25, 0.3) is 0 Å². The molecule has 46 heavy (non-hydrogen) atoms. The number of amides is 3. The third-order valence-electron chi connectivity index (χ3n) is 9.16. The van der Waals surface area contributed by atoms with E-state index in [0.717, 1.165) is 42.3 Å². The van der Waals surface area contributed by atoms with Crippen LogP contribution in [0.15, 0.2) is 47.4 Å². The zero-order chi connectivity index (χ0) is 34.0. The number of hydrogen-bond acceptors (Lipinski definition) is 6. The number of fused-ring (bicyclic) bond motifs is 3. The van der Waals surface area contributed by atoms with E-state index in [1.54, 1.807) is 0 Å². The molecule has 5 rings (SSSR count). The van der Waals surface area contributed by atoms with Crippen molar-refractivity contribution in [3.8, 4) is 0 Å². The van der Waals surface area contributed by atoms with E-state index in [2.05, 4.69) is 10.1 Å². The highest BCUT2D eigenvalue weighted by Crippen LogP contribution is 2.59. The highest BCUT2D eigenvalue weighted by molar-refractivity contribution is 7.92. The number of hydrogen-bond donors (Lipinski definition) is 1. The largest absolute Gasteiger partial charge is 0.469 e. The van der Waals surface area contributed by atoms with Crippen LogP contribution in [0.2, 0.25) is 0 Å². The van der Waals surface area contributed by atoms with Crippen molar-refractivity contribution in [1.82, 2.24) is 10.2 Å². The van der Waals surface area contributed by atoms with Gasteiger partial charge in [-0.25, -0.2) is 22.0 Å². The summed E-state index contributed by atoms with van der Waals surface area (Å²) in [6.45, 7) is 0. The van der Waals surface area contributed by atoms with E-state index >= 15 is 4.39 Å². The number of benzene rings is 2. The number of rotatable bonds is 6. The van der Waals surface area contributed by atoms with Gasteiger partial charge in [-0.05, 0) is 67.5 Å². The SMILES string of the molecule is COC(=O)C[C@H]1NC(=O)N([C@@H]2CC[C@@]3(S(=O)(=O)c4ccc(F)cc4)c4ccc(C(F)(C(F)(F)F)C(F)(F)F)cc4CCC[C@@H]23)C1=O. The van der Waals surface area contributed by atoms with Crippen molar-refractivity contribution in [1.29, 1.82) is 0 Å². The minimum Gasteiger partial charge on any atom is -0.469 e. The number of carbonyl (C=O) groups is 3. The second-order valence-electron chi connectivity index (χ2n) is 11.5. The summed E-state index contributed by atoms with van der Waals surface area (Å²) in [5, 5.41) is 2.36. The van der Waals surface area contributed by atoms with Crippen molar-refractivity contribution < 1.29 is 62.7 Å². The normalized spacial score (nSPS) is 25.5. The summed E-state index contributed by atoms with van der Waals surface area (Å²) in [4.78, 5) is 38.6. The number of sulfone groups is 1. The minimum absolute atomic E-state index is 0.0229. The van der Waals surface area contributed by atoms with Gasteiger partial charge in [0.25, 0.3) is 5.91 Å². The van der Waals surface area contributed by atoms with Gasteiger partial charge in [-0.3, -0.25) is 14.5 Å². The van der Waals surface area contributed by atoms with Crippen molar-refractivity contribution in [2.24, 2.45) is 5.92 Å². The second-order valence-corrected chi connectivity index (χ2v) is 13.7. The fourth-order valence-electron chi connectivity index (χ4n) is 7.11. The molecule has 1 aliphatic heterocycles. The molecular weight excluding hydrogens is 656 g/mol. The van der Waals surface area contributed by atoms with Gasteiger partial charge >= 0.3 is 30.0 Å². The topological polar surface area (TPSA) is 110 Å². The standard InChI is InChI=1S/C29H26F8N2O6S/c1-45-23(40)14-21-24(41)39(25(42)38-21)22-11-12-26(46(43,44)18-8-6-17(30)7-9-18)19-10-5-16(13-15(19)3-2-4-20(22)26)27(31,28(32,33)34)29(35,36)37/h5-10,13,20-22H,2-4,11-12,14H2,1H3,(H,38,42)/t20-,21+,22+,26+/m0/s1. The first-order valence-corrected chi connectivity index (χ1v) is 15.5. The number of alkyl halides is 7. The molecule has 0 aromatic heterocycles. The maximum atomic E-state index is 15.1. The van der Waals surface area contributed by atoms with Gasteiger partial charge in [0.05, 0.1) is 18.4 Å². The Bertz CT molecular complexity index is 1660. The summed E-state index contributed by atoms with van der Waals surface area (Å²) < 4.78 is 142. The zero-order valence-electron chi connectivity index (χ0n) is 23.8. The van der Waals surface area contributed by atoms with Gasteiger partial charge in [-0.15, -0.1) is 0 Å². The third kappa shape index (κ3) is 4.92. The molecule has 0 unspecified atom stereocenters. The minimum atomic E-state index is -6.41. The number of urea groups is 1. The highest BCUT2D eigenvalue weighted by atomic mass is 32.2. The fraction of sp³-hybridized carbons (Fsp3) is 0.483. The predicted octanol–water partition coefficient (Wildman–Crippen LogP) is 5.38. The van der Waals surface area contributed by atoms with E-state index in [-0.39, 0.29) is 49.3 Å². The Morgan fingerprint density at radius 1 is 1.00 bits per heavy atom. The molecule has 0 radical (unpaired) electrons. The number of ether oxygens (including phenoxy) is 1. The molecule has 1 N–H and O–H groups in total. The Kier molecular flexibility index (Phi) is 8.18. The Morgan fingerprint density at radius 3 is 2.22 bits per heavy atom. The number of nitrogens with one attached hydrogen (secondary N) is 1. The monoisotopic (exact) mass is 682 g/mol. The first kappa shape index (κ1) is 33.6. The molecule has 2 aliphatic carbocycles. The maximum Gasteiger partial charge on any atom is 0.435 e. The lowest BCUT2D eigenvalue weighted by molar-refractivity contribution is -0.348. The number of esters is 1. The molecule has 2 fully saturated rings. The van der Waals surface area contributed by atoms with Gasteiger partial charge in [0.1, 0.15) is 16.6 Å². The van der Waals surface area contributed by atoms with Crippen LogP contribution in [-0.2, 0) is 41.0 Å². The number of nitrogens with zero attached hydrogens (tertiary/aromatic N) is 1. The third-order valence-corrected chi connectivity index (χ3v) is 11.7. The number of carbonyl (C=O) groups excluding carboxylic acids is 3. The van der Waals surface area contributed by atoms with E-state index in [1.165, 1.54) is 0 Å². The summed E-state index contributed by atoms with van der Waals surface area (Å²) in [6.07, 6.45) is -14.2. The van der Waals surface area contributed by atoms with Gasteiger partial charge in [0, 0.05) is 17.5 Å². The molecule has 2 aromatic rings. The quantitative estimate of drug-likeness (QED) is 0.190. The van der Waals surface area contributed by atoms with E-state index in [1.807, 2.05) is 0 Å². The average molecular weight is 683 g/mol. The van der Waals surface area contributed by atoms with Crippen molar-refractivity contribution in [2.45, 2.75) is 78.3 Å². The first-order chi connectivity index (χ1) is 21.3. The smallest absolute Gasteiger partial charge is 0.435 e.